The fourth-order valence-corrected chi connectivity index (χ4v) is 2.62. The molecule has 0 fully saturated rings. The highest BCUT2D eigenvalue weighted by Gasteiger charge is 2.30. The third-order valence-corrected chi connectivity index (χ3v) is 4.44. The molecule has 4 nitrogen and oxygen atoms in total. The molecule has 20 heavy (non-hydrogen) atoms. The molecule has 0 bridgehead atoms. The number of benzene rings is 1. The molecule has 1 amide bonds. The van der Waals surface area contributed by atoms with Gasteiger partial charge in [0.05, 0.1) is 11.1 Å². The summed E-state index contributed by atoms with van der Waals surface area (Å²) in [6.07, 6.45) is 0. The first kappa shape index (κ1) is 14.5. The highest BCUT2D eigenvalue weighted by molar-refractivity contribution is 7.15. The van der Waals surface area contributed by atoms with E-state index in [0.717, 1.165) is 16.1 Å². The van der Waals surface area contributed by atoms with E-state index in [1.165, 1.54) is 11.3 Å². The quantitative estimate of drug-likeness (QED) is 0.852. The van der Waals surface area contributed by atoms with E-state index in [-0.39, 0.29) is 5.91 Å². The Hall–Kier alpha value is -1.88. The highest BCUT2D eigenvalue weighted by Crippen LogP contribution is 2.28. The molecule has 0 aliphatic carbocycles. The number of aryl methyl sites for hydroxylation is 2. The summed E-state index contributed by atoms with van der Waals surface area (Å²) in [7, 11) is 0. The lowest BCUT2D eigenvalue weighted by Gasteiger charge is -2.23. The molecule has 106 valence electrons. The van der Waals surface area contributed by atoms with Gasteiger partial charge in [-0.1, -0.05) is 12.1 Å². The van der Waals surface area contributed by atoms with Gasteiger partial charge in [0.15, 0.2) is 5.13 Å². The Kier molecular flexibility index (Phi) is 3.81. The second-order valence-electron chi connectivity index (χ2n) is 5.36. The molecule has 1 aromatic carbocycles. The second-order valence-corrected chi connectivity index (χ2v) is 6.56. The number of hydrogen-bond acceptors (Lipinski definition) is 4. The number of nitrogens with zero attached hydrogens (tertiary/aromatic N) is 1. The fourth-order valence-electron chi connectivity index (χ4n) is 1.81. The molecule has 1 aromatic heterocycles. The summed E-state index contributed by atoms with van der Waals surface area (Å²) >= 11 is 1.49. The van der Waals surface area contributed by atoms with Gasteiger partial charge in [-0.2, -0.15) is 0 Å². The van der Waals surface area contributed by atoms with Crippen molar-refractivity contribution in [1.29, 1.82) is 0 Å². The van der Waals surface area contributed by atoms with E-state index in [4.69, 9.17) is 5.73 Å². The summed E-state index contributed by atoms with van der Waals surface area (Å²) in [6, 6.07) is 7.38. The van der Waals surface area contributed by atoms with Crippen LogP contribution in [0, 0.1) is 13.8 Å². The zero-order valence-electron chi connectivity index (χ0n) is 12.2. The number of rotatable bonds is 3. The van der Waals surface area contributed by atoms with Crippen molar-refractivity contribution < 1.29 is 4.79 Å². The van der Waals surface area contributed by atoms with Crippen molar-refractivity contribution in [3.8, 4) is 0 Å². The van der Waals surface area contributed by atoms with Crippen molar-refractivity contribution in [2.75, 3.05) is 11.1 Å². The lowest BCUT2D eigenvalue weighted by Crippen LogP contribution is -2.34. The Morgan fingerprint density at radius 3 is 2.35 bits per heavy atom. The SMILES string of the molecule is Cc1nc(NC(=O)C(C)(C)c2ccc(N)cc2)sc1C. The maximum Gasteiger partial charge on any atom is 0.236 e. The number of nitrogen functional groups attached to an aromatic ring is 1. The largest absolute Gasteiger partial charge is 0.399 e. The van der Waals surface area contributed by atoms with Crippen LogP contribution in [0.3, 0.4) is 0 Å². The van der Waals surface area contributed by atoms with E-state index in [2.05, 4.69) is 10.3 Å². The van der Waals surface area contributed by atoms with Crippen molar-refractivity contribution in [1.82, 2.24) is 4.98 Å². The minimum Gasteiger partial charge on any atom is -0.399 e. The topological polar surface area (TPSA) is 68.0 Å². The van der Waals surface area contributed by atoms with Crippen LogP contribution in [0.5, 0.6) is 0 Å². The van der Waals surface area contributed by atoms with Crippen molar-refractivity contribution >= 4 is 28.1 Å². The molecule has 2 aromatic rings. The first-order chi connectivity index (χ1) is 9.30. The summed E-state index contributed by atoms with van der Waals surface area (Å²) in [6.45, 7) is 7.71. The zero-order chi connectivity index (χ0) is 14.9. The Labute approximate surface area is 123 Å². The summed E-state index contributed by atoms with van der Waals surface area (Å²) in [5, 5.41) is 3.54. The van der Waals surface area contributed by atoms with Crippen LogP contribution < -0.4 is 11.1 Å². The highest BCUT2D eigenvalue weighted by atomic mass is 32.1. The van der Waals surface area contributed by atoms with Gasteiger partial charge in [-0.15, -0.1) is 11.3 Å². The standard InChI is InChI=1S/C15H19N3OS/c1-9-10(2)20-14(17-9)18-13(19)15(3,4)11-5-7-12(16)8-6-11/h5-8H,16H2,1-4H3,(H,17,18,19). The van der Waals surface area contributed by atoms with E-state index < -0.39 is 5.41 Å². The predicted octanol–water partition coefficient (Wildman–Crippen LogP) is 3.26. The number of nitrogens with one attached hydrogen (secondary N) is 1. The van der Waals surface area contributed by atoms with Gasteiger partial charge in [0.25, 0.3) is 0 Å². The molecule has 3 N–H and O–H groups in total. The molecular formula is C15H19N3OS. The van der Waals surface area contributed by atoms with Gasteiger partial charge in [-0.25, -0.2) is 4.98 Å². The summed E-state index contributed by atoms with van der Waals surface area (Å²) in [5.41, 5.74) is 7.61. The molecule has 0 aliphatic heterocycles. The Bertz CT molecular complexity index is 610. The number of nitrogens with two attached hydrogens (primary N) is 1. The molecular weight excluding hydrogens is 270 g/mol. The van der Waals surface area contributed by atoms with Crippen LogP contribution in [-0.2, 0) is 10.2 Å². The van der Waals surface area contributed by atoms with Crippen LogP contribution in [0.4, 0.5) is 10.8 Å². The van der Waals surface area contributed by atoms with E-state index in [1.807, 2.05) is 52.0 Å². The van der Waals surface area contributed by atoms with Gasteiger partial charge < -0.3 is 11.1 Å². The number of amides is 1. The Morgan fingerprint density at radius 2 is 1.85 bits per heavy atom. The fraction of sp³-hybridized carbons (Fsp3) is 0.333. The minimum absolute atomic E-state index is 0.0731. The Balaban J connectivity index is 2.20. The molecule has 0 unspecified atom stereocenters. The van der Waals surface area contributed by atoms with Crippen molar-refractivity contribution in [2.45, 2.75) is 33.1 Å². The summed E-state index contributed by atoms with van der Waals surface area (Å²) in [5.74, 6) is -0.0731. The first-order valence-electron chi connectivity index (χ1n) is 6.42. The van der Waals surface area contributed by atoms with E-state index in [1.54, 1.807) is 0 Å². The monoisotopic (exact) mass is 289 g/mol. The van der Waals surface area contributed by atoms with E-state index in [0.29, 0.717) is 10.8 Å². The van der Waals surface area contributed by atoms with E-state index >= 15 is 0 Å². The number of thiazole rings is 1. The third kappa shape index (κ3) is 2.82. The Morgan fingerprint density at radius 1 is 1.25 bits per heavy atom. The molecule has 2 rings (SSSR count). The van der Waals surface area contributed by atoms with Crippen molar-refractivity contribution in [3.63, 3.8) is 0 Å². The molecule has 1 heterocycles. The predicted molar refractivity (Wildman–Crippen MR) is 84.1 cm³/mol. The lowest BCUT2D eigenvalue weighted by atomic mass is 9.83. The molecule has 0 spiro atoms. The molecule has 0 radical (unpaired) electrons. The maximum atomic E-state index is 12.5. The van der Waals surface area contributed by atoms with Gasteiger partial charge in [0.2, 0.25) is 5.91 Å². The van der Waals surface area contributed by atoms with E-state index in [9.17, 15) is 4.79 Å². The average Bonchev–Trinajstić information content (AvgIpc) is 2.68. The summed E-state index contributed by atoms with van der Waals surface area (Å²) in [4.78, 5) is 17.9. The number of carbonyl (C=O) groups excluding carboxylic acids is 1. The van der Waals surface area contributed by atoms with Gasteiger partial charge >= 0.3 is 0 Å². The molecule has 0 saturated carbocycles. The van der Waals surface area contributed by atoms with Crippen LogP contribution in [0.2, 0.25) is 0 Å². The smallest absolute Gasteiger partial charge is 0.236 e. The first-order valence-corrected chi connectivity index (χ1v) is 7.24. The van der Waals surface area contributed by atoms with Crippen LogP contribution in [0.25, 0.3) is 0 Å². The van der Waals surface area contributed by atoms with Crippen LogP contribution in [-0.4, -0.2) is 10.9 Å². The minimum atomic E-state index is -0.638. The van der Waals surface area contributed by atoms with Crippen molar-refractivity contribution in [2.24, 2.45) is 0 Å². The van der Waals surface area contributed by atoms with Gasteiger partial charge in [-0.05, 0) is 45.4 Å². The van der Waals surface area contributed by atoms with Gasteiger partial charge in [0.1, 0.15) is 0 Å². The van der Waals surface area contributed by atoms with Gasteiger partial charge in [-0.3, -0.25) is 4.79 Å². The van der Waals surface area contributed by atoms with Gasteiger partial charge in [0, 0.05) is 10.6 Å². The summed E-state index contributed by atoms with van der Waals surface area (Å²) < 4.78 is 0. The second kappa shape index (κ2) is 5.25. The third-order valence-electron chi connectivity index (χ3n) is 3.45. The maximum absolute atomic E-state index is 12.5. The average molecular weight is 289 g/mol. The van der Waals surface area contributed by atoms with Crippen LogP contribution in [0.15, 0.2) is 24.3 Å². The lowest BCUT2D eigenvalue weighted by molar-refractivity contribution is -0.120. The molecule has 5 heteroatoms. The number of aromatic nitrogens is 1. The number of hydrogen-bond donors (Lipinski definition) is 2. The molecule has 0 aliphatic rings. The number of carbonyl (C=O) groups is 1. The zero-order valence-corrected chi connectivity index (χ0v) is 13.0. The normalized spacial score (nSPS) is 11.4. The van der Waals surface area contributed by atoms with Crippen molar-refractivity contribution in [3.05, 3.63) is 40.4 Å². The molecule has 0 saturated heterocycles. The van der Waals surface area contributed by atoms with Crippen LogP contribution >= 0.6 is 11.3 Å². The number of anilines is 2. The molecule has 0 atom stereocenters. The van der Waals surface area contributed by atoms with Crippen LogP contribution in [0.1, 0.15) is 30.0 Å².